The number of rotatable bonds is 4. The van der Waals surface area contributed by atoms with Crippen LogP contribution in [0.5, 0.6) is 0 Å². The summed E-state index contributed by atoms with van der Waals surface area (Å²) in [6, 6.07) is 6.31. The Balaban J connectivity index is 2.10. The standard InChI is InChI=1S/C12H12F3NO5S/c13-10(11(14)15)9-7-21-22(18,19)16(9)12(17)20-6-8-4-2-1-3-5-8/h1-5,9-11H,6-7H2. The van der Waals surface area contributed by atoms with Crippen LogP contribution in [0.3, 0.4) is 0 Å². The molecule has 1 aromatic carbocycles. The highest BCUT2D eigenvalue weighted by Gasteiger charge is 2.50. The van der Waals surface area contributed by atoms with Gasteiger partial charge >= 0.3 is 16.4 Å². The zero-order chi connectivity index (χ0) is 16.3. The zero-order valence-corrected chi connectivity index (χ0v) is 11.9. The van der Waals surface area contributed by atoms with Gasteiger partial charge in [-0.2, -0.15) is 12.7 Å². The molecule has 0 aliphatic carbocycles. The van der Waals surface area contributed by atoms with E-state index in [0.29, 0.717) is 5.56 Å². The summed E-state index contributed by atoms with van der Waals surface area (Å²) in [6.07, 6.45) is -7.78. The van der Waals surface area contributed by atoms with Crippen molar-refractivity contribution in [2.24, 2.45) is 0 Å². The van der Waals surface area contributed by atoms with E-state index in [1.54, 1.807) is 30.3 Å². The first-order valence-electron chi connectivity index (χ1n) is 6.14. The Morgan fingerprint density at radius 3 is 2.55 bits per heavy atom. The Labute approximate surface area is 124 Å². The van der Waals surface area contributed by atoms with Crippen LogP contribution in [0.15, 0.2) is 30.3 Å². The number of carbonyl (C=O) groups excluding carboxylic acids is 1. The Kier molecular flexibility index (Phi) is 4.91. The number of alkyl halides is 3. The normalized spacial score (nSPS) is 21.8. The second kappa shape index (κ2) is 6.53. The molecule has 1 saturated heterocycles. The summed E-state index contributed by atoms with van der Waals surface area (Å²) in [5, 5.41) is 0. The lowest BCUT2D eigenvalue weighted by Crippen LogP contribution is -2.46. The van der Waals surface area contributed by atoms with E-state index in [-0.39, 0.29) is 10.9 Å². The highest BCUT2D eigenvalue weighted by atomic mass is 32.2. The van der Waals surface area contributed by atoms with Gasteiger partial charge in [-0.15, -0.1) is 0 Å². The van der Waals surface area contributed by atoms with E-state index in [1.165, 1.54) is 0 Å². The fourth-order valence-corrected chi connectivity index (χ4v) is 3.01. The molecule has 6 nitrogen and oxygen atoms in total. The Morgan fingerprint density at radius 1 is 1.32 bits per heavy atom. The average molecular weight is 339 g/mol. The van der Waals surface area contributed by atoms with Crippen molar-refractivity contribution < 1.29 is 35.3 Å². The van der Waals surface area contributed by atoms with Crippen molar-refractivity contribution >= 4 is 16.4 Å². The number of ether oxygens (including phenoxy) is 1. The maximum absolute atomic E-state index is 13.4. The summed E-state index contributed by atoms with van der Waals surface area (Å²) >= 11 is 0. The van der Waals surface area contributed by atoms with E-state index in [4.69, 9.17) is 4.74 Å². The van der Waals surface area contributed by atoms with Crippen LogP contribution in [0.25, 0.3) is 0 Å². The first kappa shape index (κ1) is 16.6. The lowest BCUT2D eigenvalue weighted by atomic mass is 10.2. The van der Waals surface area contributed by atoms with Gasteiger partial charge in [-0.05, 0) is 5.56 Å². The topological polar surface area (TPSA) is 72.9 Å². The molecule has 2 unspecified atom stereocenters. The van der Waals surface area contributed by atoms with E-state index in [1.807, 2.05) is 0 Å². The van der Waals surface area contributed by atoms with E-state index in [0.717, 1.165) is 0 Å². The molecular weight excluding hydrogens is 327 g/mol. The van der Waals surface area contributed by atoms with Crippen molar-refractivity contribution in [3.8, 4) is 0 Å². The third-order valence-electron chi connectivity index (χ3n) is 2.92. The minimum atomic E-state index is -4.63. The predicted molar refractivity (Wildman–Crippen MR) is 68.0 cm³/mol. The van der Waals surface area contributed by atoms with Crippen LogP contribution in [-0.2, 0) is 25.8 Å². The number of carbonyl (C=O) groups is 1. The fourth-order valence-electron chi connectivity index (χ4n) is 1.84. The van der Waals surface area contributed by atoms with Crippen molar-refractivity contribution in [3.05, 3.63) is 35.9 Å². The van der Waals surface area contributed by atoms with Gasteiger partial charge in [0.1, 0.15) is 12.6 Å². The zero-order valence-electron chi connectivity index (χ0n) is 11.1. The molecule has 1 heterocycles. The Morgan fingerprint density at radius 2 is 1.95 bits per heavy atom. The molecule has 1 fully saturated rings. The van der Waals surface area contributed by atoms with E-state index in [2.05, 4.69) is 4.18 Å². The van der Waals surface area contributed by atoms with E-state index >= 15 is 0 Å². The predicted octanol–water partition coefficient (Wildman–Crippen LogP) is 1.87. The molecule has 0 spiro atoms. The molecule has 1 aliphatic rings. The molecule has 10 heteroatoms. The largest absolute Gasteiger partial charge is 0.444 e. The molecule has 0 radical (unpaired) electrons. The molecular formula is C12H12F3NO5S. The van der Waals surface area contributed by atoms with E-state index in [9.17, 15) is 26.4 Å². The minimum absolute atomic E-state index is 0.118. The molecule has 0 aromatic heterocycles. The van der Waals surface area contributed by atoms with E-state index < -0.39 is 41.6 Å². The van der Waals surface area contributed by atoms with Gasteiger partial charge in [0, 0.05) is 0 Å². The third kappa shape index (κ3) is 3.50. The summed E-state index contributed by atoms with van der Waals surface area (Å²) in [4.78, 5) is 11.8. The fraction of sp³-hybridized carbons (Fsp3) is 0.417. The number of hydrogen-bond acceptors (Lipinski definition) is 5. The van der Waals surface area contributed by atoms with Crippen LogP contribution >= 0.6 is 0 Å². The number of nitrogens with zero attached hydrogens (tertiary/aromatic N) is 1. The SMILES string of the molecule is O=C(OCc1ccccc1)N1C(C(F)C(F)F)COS1(=O)=O. The molecule has 1 amide bonds. The van der Waals surface area contributed by atoms with Gasteiger partial charge in [0.2, 0.25) is 0 Å². The van der Waals surface area contributed by atoms with Gasteiger partial charge in [-0.25, -0.2) is 18.0 Å². The van der Waals surface area contributed by atoms with Crippen molar-refractivity contribution in [3.63, 3.8) is 0 Å². The third-order valence-corrected chi connectivity index (χ3v) is 4.26. The highest BCUT2D eigenvalue weighted by molar-refractivity contribution is 7.85. The minimum Gasteiger partial charge on any atom is -0.444 e. The molecule has 0 bridgehead atoms. The highest BCUT2D eigenvalue weighted by Crippen LogP contribution is 2.27. The number of benzene rings is 1. The average Bonchev–Trinajstić information content (AvgIpc) is 2.80. The number of halogens is 3. The first-order chi connectivity index (χ1) is 10.3. The van der Waals surface area contributed by atoms with Crippen molar-refractivity contribution in [2.45, 2.75) is 25.2 Å². The van der Waals surface area contributed by atoms with Gasteiger partial charge in [-0.3, -0.25) is 4.18 Å². The Bertz CT molecular complexity index is 625. The maximum atomic E-state index is 13.4. The summed E-state index contributed by atoms with van der Waals surface area (Å²) in [5.74, 6) is 0. The number of amides is 1. The monoisotopic (exact) mass is 339 g/mol. The van der Waals surface area contributed by atoms with Crippen LogP contribution in [0.1, 0.15) is 5.56 Å². The van der Waals surface area contributed by atoms with Crippen molar-refractivity contribution in [1.82, 2.24) is 4.31 Å². The van der Waals surface area contributed by atoms with Crippen LogP contribution in [0.4, 0.5) is 18.0 Å². The van der Waals surface area contributed by atoms with Gasteiger partial charge in [0.15, 0.2) is 6.17 Å². The van der Waals surface area contributed by atoms with Gasteiger partial charge in [0.05, 0.1) is 6.61 Å². The van der Waals surface area contributed by atoms with Crippen LogP contribution in [-0.4, -0.2) is 44.1 Å². The van der Waals surface area contributed by atoms with Crippen LogP contribution in [0, 0.1) is 0 Å². The van der Waals surface area contributed by atoms with Crippen LogP contribution < -0.4 is 0 Å². The first-order valence-corrected chi connectivity index (χ1v) is 7.51. The summed E-state index contributed by atoms with van der Waals surface area (Å²) in [7, 11) is -4.63. The van der Waals surface area contributed by atoms with Gasteiger partial charge in [0.25, 0.3) is 6.43 Å². The maximum Gasteiger partial charge on any atom is 0.426 e. The molecule has 22 heavy (non-hydrogen) atoms. The van der Waals surface area contributed by atoms with Gasteiger partial charge in [-0.1, -0.05) is 30.3 Å². The molecule has 1 aliphatic heterocycles. The number of hydrogen-bond donors (Lipinski definition) is 0. The molecule has 2 atom stereocenters. The lowest BCUT2D eigenvalue weighted by Gasteiger charge is -2.22. The second-order valence-corrected chi connectivity index (χ2v) is 5.91. The van der Waals surface area contributed by atoms with Crippen LogP contribution in [0.2, 0.25) is 0 Å². The molecule has 0 saturated carbocycles. The molecule has 122 valence electrons. The van der Waals surface area contributed by atoms with Crippen molar-refractivity contribution in [2.75, 3.05) is 6.61 Å². The summed E-state index contributed by atoms with van der Waals surface area (Å²) < 4.78 is 70.2. The summed E-state index contributed by atoms with van der Waals surface area (Å²) in [5.41, 5.74) is 0.551. The van der Waals surface area contributed by atoms with Crippen molar-refractivity contribution in [1.29, 1.82) is 0 Å². The Hall–Kier alpha value is -1.81. The molecule has 1 aromatic rings. The second-order valence-electron chi connectivity index (χ2n) is 4.42. The molecule has 2 rings (SSSR count). The summed E-state index contributed by atoms with van der Waals surface area (Å²) in [6.45, 7) is -1.17. The molecule has 0 N–H and O–H groups in total. The van der Waals surface area contributed by atoms with Gasteiger partial charge < -0.3 is 4.74 Å². The smallest absolute Gasteiger partial charge is 0.426 e. The lowest BCUT2D eigenvalue weighted by molar-refractivity contribution is 0.00947. The quantitative estimate of drug-likeness (QED) is 0.837.